The summed E-state index contributed by atoms with van der Waals surface area (Å²) >= 11 is 12.1. The van der Waals surface area contributed by atoms with E-state index >= 15 is 0 Å². The predicted molar refractivity (Wildman–Crippen MR) is 103 cm³/mol. The molecule has 0 aliphatic carbocycles. The molecular formula is C18H21Cl3N2O. The second-order valence-corrected chi connectivity index (χ2v) is 6.30. The average Bonchev–Trinajstić information content (AvgIpc) is 2.56. The van der Waals surface area contributed by atoms with Crippen LogP contribution in [0, 0.1) is 5.92 Å². The molecule has 6 heteroatoms. The van der Waals surface area contributed by atoms with E-state index in [1.165, 1.54) is 0 Å². The molecule has 2 aromatic carbocycles. The number of halogens is 3. The number of carbonyl (C=O) groups excluding carboxylic acids is 1. The highest BCUT2D eigenvalue weighted by atomic mass is 35.5. The molecule has 0 bridgehead atoms. The van der Waals surface area contributed by atoms with Crippen molar-refractivity contribution >= 4 is 41.5 Å². The van der Waals surface area contributed by atoms with Crippen LogP contribution in [0.15, 0.2) is 48.5 Å². The molecule has 0 radical (unpaired) electrons. The van der Waals surface area contributed by atoms with Crippen LogP contribution in [-0.2, 0) is 4.79 Å². The molecule has 130 valence electrons. The molecule has 2 atom stereocenters. The van der Waals surface area contributed by atoms with E-state index in [9.17, 15) is 4.79 Å². The summed E-state index contributed by atoms with van der Waals surface area (Å²) in [7, 11) is 1.83. The van der Waals surface area contributed by atoms with Gasteiger partial charge >= 0.3 is 0 Å². The molecule has 0 saturated carbocycles. The summed E-state index contributed by atoms with van der Waals surface area (Å²) < 4.78 is 0. The molecule has 0 aliphatic rings. The molecule has 24 heavy (non-hydrogen) atoms. The molecule has 0 spiro atoms. The lowest BCUT2D eigenvalue weighted by atomic mass is 9.97. The van der Waals surface area contributed by atoms with Crippen LogP contribution in [0.1, 0.15) is 24.1 Å². The van der Waals surface area contributed by atoms with E-state index in [4.69, 9.17) is 23.2 Å². The van der Waals surface area contributed by atoms with E-state index in [1.807, 2.05) is 50.4 Å². The largest absolute Gasteiger partial charge is 0.345 e. The Hall–Kier alpha value is -1.26. The van der Waals surface area contributed by atoms with Crippen molar-refractivity contribution in [1.82, 2.24) is 10.6 Å². The van der Waals surface area contributed by atoms with Gasteiger partial charge in [0.05, 0.1) is 16.1 Å². The highest BCUT2D eigenvalue weighted by Crippen LogP contribution is 2.29. The Morgan fingerprint density at radius 1 is 1.04 bits per heavy atom. The van der Waals surface area contributed by atoms with Crippen LogP contribution in [0.4, 0.5) is 0 Å². The first-order valence-electron chi connectivity index (χ1n) is 7.47. The lowest BCUT2D eigenvalue weighted by Gasteiger charge is -2.22. The Labute approximate surface area is 159 Å². The van der Waals surface area contributed by atoms with Crippen LogP contribution in [-0.4, -0.2) is 19.5 Å². The third kappa shape index (κ3) is 5.38. The Balaban J connectivity index is 0.00000288. The molecule has 0 heterocycles. The molecule has 0 aromatic heterocycles. The molecule has 3 nitrogen and oxygen atoms in total. The molecule has 2 unspecified atom stereocenters. The first-order chi connectivity index (χ1) is 11.0. The predicted octanol–water partition coefficient (Wildman–Crippen LogP) is 4.48. The Bertz CT molecular complexity index is 665. The minimum Gasteiger partial charge on any atom is -0.345 e. The SMILES string of the molecule is CNCC(C)C(=O)NC(c1ccccc1)c1ccc(Cl)c(Cl)c1.Cl. The van der Waals surface area contributed by atoms with Crippen LogP contribution in [0.2, 0.25) is 10.0 Å². The van der Waals surface area contributed by atoms with Crippen LogP contribution in [0.5, 0.6) is 0 Å². The standard InChI is InChI=1S/C18H20Cl2N2O.ClH/c1-12(11-21-2)18(23)22-17(13-6-4-3-5-7-13)14-8-9-15(19)16(20)10-14;/h3-10,12,17,21H,11H2,1-2H3,(H,22,23);1H. The van der Waals surface area contributed by atoms with E-state index in [0.29, 0.717) is 16.6 Å². The van der Waals surface area contributed by atoms with Gasteiger partial charge in [0.15, 0.2) is 0 Å². The van der Waals surface area contributed by atoms with Crippen LogP contribution in [0.3, 0.4) is 0 Å². The maximum atomic E-state index is 12.4. The summed E-state index contributed by atoms with van der Waals surface area (Å²) in [5, 5.41) is 7.09. The molecule has 0 aliphatic heterocycles. The van der Waals surface area contributed by atoms with E-state index in [2.05, 4.69) is 10.6 Å². The molecular weight excluding hydrogens is 367 g/mol. The lowest BCUT2D eigenvalue weighted by Crippen LogP contribution is -2.37. The summed E-state index contributed by atoms with van der Waals surface area (Å²) in [5.74, 6) is -0.145. The number of rotatable bonds is 6. The van der Waals surface area contributed by atoms with Gasteiger partial charge in [-0.25, -0.2) is 0 Å². The van der Waals surface area contributed by atoms with Crippen molar-refractivity contribution in [2.24, 2.45) is 5.92 Å². The summed E-state index contributed by atoms with van der Waals surface area (Å²) in [6.45, 7) is 2.51. The third-order valence-electron chi connectivity index (χ3n) is 3.65. The zero-order valence-corrected chi connectivity index (χ0v) is 15.9. The van der Waals surface area contributed by atoms with Gasteiger partial charge in [0.1, 0.15) is 0 Å². The fraction of sp³-hybridized carbons (Fsp3) is 0.278. The van der Waals surface area contributed by atoms with Crippen molar-refractivity contribution in [3.63, 3.8) is 0 Å². The summed E-state index contributed by atoms with van der Waals surface area (Å²) in [5.41, 5.74) is 1.89. The number of nitrogens with one attached hydrogen (secondary N) is 2. The number of hydrogen-bond acceptors (Lipinski definition) is 2. The molecule has 1 amide bonds. The zero-order valence-electron chi connectivity index (χ0n) is 13.6. The summed E-state index contributed by atoms with van der Waals surface area (Å²) in [4.78, 5) is 12.4. The number of hydrogen-bond donors (Lipinski definition) is 2. The Morgan fingerprint density at radius 3 is 2.29 bits per heavy atom. The zero-order chi connectivity index (χ0) is 16.8. The van der Waals surface area contributed by atoms with Gasteiger partial charge in [0.2, 0.25) is 5.91 Å². The number of carbonyl (C=O) groups is 1. The number of amides is 1. The highest BCUT2D eigenvalue weighted by molar-refractivity contribution is 6.42. The first kappa shape index (κ1) is 20.8. The van der Waals surface area contributed by atoms with Crippen molar-refractivity contribution in [1.29, 1.82) is 0 Å². The highest BCUT2D eigenvalue weighted by Gasteiger charge is 2.20. The van der Waals surface area contributed by atoms with Gasteiger partial charge in [-0.2, -0.15) is 0 Å². The maximum absolute atomic E-state index is 12.4. The van der Waals surface area contributed by atoms with Gasteiger partial charge < -0.3 is 10.6 Å². The second-order valence-electron chi connectivity index (χ2n) is 5.48. The first-order valence-corrected chi connectivity index (χ1v) is 8.23. The normalized spacial score (nSPS) is 12.8. The monoisotopic (exact) mass is 386 g/mol. The molecule has 0 fully saturated rings. The summed E-state index contributed by atoms with van der Waals surface area (Å²) in [6.07, 6.45) is 0. The topological polar surface area (TPSA) is 41.1 Å². The molecule has 2 rings (SSSR count). The van der Waals surface area contributed by atoms with Crippen molar-refractivity contribution in [2.45, 2.75) is 13.0 Å². The minimum absolute atomic E-state index is 0. The third-order valence-corrected chi connectivity index (χ3v) is 4.39. The van der Waals surface area contributed by atoms with Gasteiger partial charge in [0, 0.05) is 12.5 Å². The summed E-state index contributed by atoms with van der Waals surface area (Å²) in [6, 6.07) is 15.0. The van der Waals surface area contributed by atoms with Crippen LogP contribution >= 0.6 is 35.6 Å². The van der Waals surface area contributed by atoms with E-state index in [0.717, 1.165) is 11.1 Å². The fourth-order valence-corrected chi connectivity index (χ4v) is 2.69. The Kier molecular flexibility index (Phi) is 8.57. The fourth-order valence-electron chi connectivity index (χ4n) is 2.38. The second kappa shape index (κ2) is 9.90. The van der Waals surface area contributed by atoms with Crippen molar-refractivity contribution in [3.05, 3.63) is 69.7 Å². The van der Waals surface area contributed by atoms with E-state index in [1.54, 1.807) is 12.1 Å². The van der Waals surface area contributed by atoms with Crippen molar-refractivity contribution in [2.75, 3.05) is 13.6 Å². The average molecular weight is 388 g/mol. The smallest absolute Gasteiger partial charge is 0.224 e. The lowest BCUT2D eigenvalue weighted by molar-refractivity contribution is -0.124. The molecule has 0 saturated heterocycles. The molecule has 2 N–H and O–H groups in total. The number of benzene rings is 2. The van der Waals surface area contributed by atoms with Crippen molar-refractivity contribution < 1.29 is 4.79 Å². The quantitative estimate of drug-likeness (QED) is 0.767. The van der Waals surface area contributed by atoms with Gasteiger partial charge in [-0.05, 0) is 30.3 Å². The van der Waals surface area contributed by atoms with Gasteiger partial charge in [0.25, 0.3) is 0 Å². The Morgan fingerprint density at radius 2 is 1.71 bits per heavy atom. The van der Waals surface area contributed by atoms with E-state index < -0.39 is 0 Å². The maximum Gasteiger partial charge on any atom is 0.224 e. The van der Waals surface area contributed by atoms with Gasteiger partial charge in [-0.3, -0.25) is 4.79 Å². The van der Waals surface area contributed by atoms with Crippen molar-refractivity contribution in [3.8, 4) is 0 Å². The van der Waals surface area contributed by atoms with Crippen LogP contribution < -0.4 is 10.6 Å². The van der Waals surface area contributed by atoms with E-state index in [-0.39, 0.29) is 30.3 Å². The minimum atomic E-state index is -0.266. The van der Waals surface area contributed by atoms with Gasteiger partial charge in [-0.15, -0.1) is 12.4 Å². The van der Waals surface area contributed by atoms with Gasteiger partial charge in [-0.1, -0.05) is 66.5 Å². The van der Waals surface area contributed by atoms with Crippen LogP contribution in [0.25, 0.3) is 0 Å². The molecule has 2 aromatic rings.